The number of carbonyl (C=O) groups is 1. The Kier molecular flexibility index (Phi) is 6.73. The topological polar surface area (TPSA) is 67.4 Å². The summed E-state index contributed by atoms with van der Waals surface area (Å²) >= 11 is 1.62. The van der Waals surface area contributed by atoms with Gasteiger partial charge < -0.3 is 4.74 Å². The fourth-order valence-corrected chi connectivity index (χ4v) is 3.71. The van der Waals surface area contributed by atoms with Crippen LogP contribution < -0.4 is 15.0 Å². The lowest BCUT2D eigenvalue weighted by Gasteiger charge is -2.19. The summed E-state index contributed by atoms with van der Waals surface area (Å²) in [4.78, 5) is 24.1. The molecule has 3 rings (SSSR count). The number of allylic oxidation sites excluding steroid dienone is 5. The minimum atomic E-state index is -0.453. The Hall–Kier alpha value is -2.77. The second kappa shape index (κ2) is 9.43. The number of aromatic nitrogens is 2. The van der Waals surface area contributed by atoms with E-state index < -0.39 is 6.04 Å². The van der Waals surface area contributed by atoms with Crippen LogP contribution in [-0.2, 0) is 17.8 Å². The lowest BCUT2D eigenvalue weighted by molar-refractivity contribution is -0.120. The number of anilines is 1. The number of thiazole rings is 1. The van der Waals surface area contributed by atoms with Gasteiger partial charge in [0.15, 0.2) is 11.6 Å². The van der Waals surface area contributed by atoms with Crippen LogP contribution in [0.3, 0.4) is 0 Å². The number of amides is 1. The zero-order chi connectivity index (χ0) is 19.9. The van der Waals surface area contributed by atoms with E-state index in [1.165, 1.54) is 4.90 Å². The van der Waals surface area contributed by atoms with Gasteiger partial charge in [0, 0.05) is 37.3 Å². The Morgan fingerprint density at radius 1 is 1.46 bits per heavy atom. The number of fused-ring (bicyclic) bond motifs is 1. The van der Waals surface area contributed by atoms with Gasteiger partial charge in [0.25, 0.3) is 0 Å². The van der Waals surface area contributed by atoms with E-state index in [1.807, 2.05) is 43.5 Å². The first kappa shape index (κ1) is 20.0. The smallest absolute Gasteiger partial charge is 0.248 e. The molecule has 1 N–H and O–H groups in total. The molecule has 7 heteroatoms. The quantitative estimate of drug-likeness (QED) is 0.728. The summed E-state index contributed by atoms with van der Waals surface area (Å²) in [5.74, 6) is 1.08. The summed E-state index contributed by atoms with van der Waals surface area (Å²) in [6, 6.07) is 3.16. The van der Waals surface area contributed by atoms with Crippen molar-refractivity contribution >= 4 is 23.1 Å². The number of pyridine rings is 1. The maximum absolute atomic E-state index is 12.7. The maximum Gasteiger partial charge on any atom is 0.248 e. The third kappa shape index (κ3) is 4.94. The van der Waals surface area contributed by atoms with E-state index in [2.05, 4.69) is 21.9 Å². The molecule has 1 aliphatic rings. The van der Waals surface area contributed by atoms with Crippen LogP contribution in [0.15, 0.2) is 61.0 Å². The molecule has 0 bridgehead atoms. The van der Waals surface area contributed by atoms with Gasteiger partial charge >= 0.3 is 0 Å². The van der Waals surface area contributed by atoms with Crippen LogP contribution in [0, 0.1) is 0 Å². The average Bonchev–Trinajstić information content (AvgIpc) is 3.10. The molecule has 2 aromatic heterocycles. The first-order chi connectivity index (χ1) is 13.6. The molecule has 0 fully saturated rings. The van der Waals surface area contributed by atoms with Gasteiger partial charge in [-0.15, -0.1) is 11.3 Å². The minimum Gasteiger partial charge on any atom is -0.488 e. The summed E-state index contributed by atoms with van der Waals surface area (Å²) in [6.45, 7) is 6.81. The Morgan fingerprint density at radius 2 is 2.32 bits per heavy atom. The largest absolute Gasteiger partial charge is 0.488 e. The molecule has 3 heterocycles. The van der Waals surface area contributed by atoms with E-state index in [0.29, 0.717) is 18.1 Å². The second-order valence-electron chi connectivity index (χ2n) is 6.41. The summed E-state index contributed by atoms with van der Waals surface area (Å²) in [5, 5.41) is 4.19. The predicted molar refractivity (Wildman–Crippen MR) is 113 cm³/mol. The van der Waals surface area contributed by atoms with Crippen LogP contribution in [0.2, 0.25) is 0 Å². The number of nitrogens with one attached hydrogen (secondary N) is 1. The fourth-order valence-electron chi connectivity index (χ4n) is 2.78. The van der Waals surface area contributed by atoms with E-state index in [4.69, 9.17) is 4.74 Å². The maximum atomic E-state index is 12.7. The summed E-state index contributed by atoms with van der Waals surface area (Å²) in [7, 11) is 1.71. The molecule has 0 aliphatic carbocycles. The molecule has 6 nitrogen and oxygen atoms in total. The SMILES string of the molecule is C=C(/C=C\C=C/C)Cc1cnc(CN[C@H]2COc3cccnc3N(C)C2=O)s1. The van der Waals surface area contributed by atoms with Crippen molar-refractivity contribution in [1.82, 2.24) is 15.3 Å². The van der Waals surface area contributed by atoms with Gasteiger partial charge in [0.1, 0.15) is 17.7 Å². The zero-order valence-corrected chi connectivity index (χ0v) is 16.9. The highest BCUT2D eigenvalue weighted by molar-refractivity contribution is 7.11. The standard InChI is InChI=1S/C21H24N4O2S/c1-4-5-6-8-15(2)11-16-12-24-19(28-16)13-23-17-14-27-18-9-7-10-22-20(18)25(3)21(17)26/h4-10,12,17,23H,2,11,13-14H2,1,3H3/b5-4-,8-6-/t17-/m0/s1. The molecule has 1 amide bonds. The van der Waals surface area contributed by atoms with Gasteiger partial charge in [-0.3, -0.25) is 15.0 Å². The lowest BCUT2D eigenvalue weighted by atomic mass is 10.2. The molecular formula is C21H24N4O2S. The normalized spacial score (nSPS) is 17.0. The molecule has 0 saturated heterocycles. The highest BCUT2D eigenvalue weighted by Gasteiger charge is 2.29. The third-order valence-corrected chi connectivity index (χ3v) is 5.24. The van der Waals surface area contributed by atoms with E-state index in [9.17, 15) is 4.79 Å². The van der Waals surface area contributed by atoms with Crippen molar-refractivity contribution in [3.8, 4) is 5.75 Å². The zero-order valence-electron chi connectivity index (χ0n) is 16.1. The van der Waals surface area contributed by atoms with Crippen molar-refractivity contribution in [2.24, 2.45) is 0 Å². The second-order valence-corrected chi connectivity index (χ2v) is 7.61. The number of carbonyl (C=O) groups excluding carboxylic acids is 1. The van der Waals surface area contributed by atoms with E-state index in [0.717, 1.165) is 21.9 Å². The van der Waals surface area contributed by atoms with Gasteiger partial charge in [-0.25, -0.2) is 9.97 Å². The van der Waals surface area contributed by atoms with Crippen LogP contribution >= 0.6 is 11.3 Å². The molecule has 0 unspecified atom stereocenters. The minimum absolute atomic E-state index is 0.0725. The van der Waals surface area contributed by atoms with Gasteiger partial charge in [0.2, 0.25) is 5.91 Å². The van der Waals surface area contributed by atoms with Crippen molar-refractivity contribution < 1.29 is 9.53 Å². The molecule has 146 valence electrons. The van der Waals surface area contributed by atoms with E-state index in [1.54, 1.807) is 30.6 Å². The Bertz CT molecular complexity index is 903. The summed E-state index contributed by atoms with van der Waals surface area (Å²) in [6.07, 6.45) is 12.2. The first-order valence-corrected chi connectivity index (χ1v) is 9.89. The van der Waals surface area contributed by atoms with Crippen molar-refractivity contribution in [3.63, 3.8) is 0 Å². The van der Waals surface area contributed by atoms with Crippen LogP contribution in [-0.4, -0.2) is 35.6 Å². The summed E-state index contributed by atoms with van der Waals surface area (Å²) < 4.78 is 5.77. The molecule has 28 heavy (non-hydrogen) atoms. The van der Waals surface area contributed by atoms with Crippen molar-refractivity contribution in [1.29, 1.82) is 0 Å². The number of likely N-dealkylation sites (N-methyl/N-ethyl adjacent to an activating group) is 1. The van der Waals surface area contributed by atoms with Crippen LogP contribution in [0.25, 0.3) is 0 Å². The van der Waals surface area contributed by atoms with Gasteiger partial charge in [-0.1, -0.05) is 30.9 Å². The molecule has 2 aromatic rings. The van der Waals surface area contributed by atoms with Crippen molar-refractivity contribution in [2.45, 2.75) is 25.9 Å². The number of nitrogens with zero attached hydrogens (tertiary/aromatic N) is 3. The molecule has 0 spiro atoms. The molecule has 1 aliphatic heterocycles. The van der Waals surface area contributed by atoms with Crippen molar-refractivity contribution in [2.75, 3.05) is 18.6 Å². The molecular weight excluding hydrogens is 372 g/mol. The van der Waals surface area contributed by atoms with Gasteiger partial charge in [0.05, 0.1) is 0 Å². The Labute approximate surface area is 169 Å². The van der Waals surface area contributed by atoms with Crippen LogP contribution in [0.4, 0.5) is 5.82 Å². The Balaban J connectivity index is 1.57. The highest BCUT2D eigenvalue weighted by atomic mass is 32.1. The number of hydrogen-bond acceptors (Lipinski definition) is 6. The third-order valence-electron chi connectivity index (χ3n) is 4.24. The lowest BCUT2D eigenvalue weighted by Crippen LogP contribution is -2.46. The Morgan fingerprint density at radius 3 is 3.14 bits per heavy atom. The van der Waals surface area contributed by atoms with Crippen molar-refractivity contribution in [3.05, 3.63) is 70.9 Å². The number of hydrogen-bond donors (Lipinski definition) is 1. The fraction of sp³-hybridized carbons (Fsp3) is 0.286. The monoisotopic (exact) mass is 396 g/mol. The number of rotatable bonds is 7. The van der Waals surface area contributed by atoms with E-state index in [-0.39, 0.29) is 12.5 Å². The van der Waals surface area contributed by atoms with E-state index >= 15 is 0 Å². The number of ether oxygens (including phenoxy) is 1. The molecule has 0 radical (unpaired) electrons. The van der Waals surface area contributed by atoms with Crippen LogP contribution in [0.5, 0.6) is 5.75 Å². The first-order valence-electron chi connectivity index (χ1n) is 9.08. The predicted octanol–water partition coefficient (Wildman–Crippen LogP) is 3.28. The average molecular weight is 397 g/mol. The molecule has 1 atom stereocenters. The summed E-state index contributed by atoms with van der Waals surface area (Å²) in [5.41, 5.74) is 1.03. The van der Waals surface area contributed by atoms with Crippen LogP contribution in [0.1, 0.15) is 16.8 Å². The van der Waals surface area contributed by atoms with Gasteiger partial charge in [-0.05, 0) is 24.6 Å². The highest BCUT2D eigenvalue weighted by Crippen LogP contribution is 2.27. The molecule has 0 saturated carbocycles. The van der Waals surface area contributed by atoms with Gasteiger partial charge in [-0.2, -0.15) is 0 Å². The molecule has 0 aromatic carbocycles.